The molecule has 0 aromatic carbocycles. The highest BCUT2D eigenvalue weighted by Gasteiger charge is 2.10. The number of aromatic nitrogens is 2. The Hall–Kier alpha value is -0.680. The standard InChI is InChI=1S/C7H9N3S2/c11-7-5-9-12-10(7)6-1-3-8-4-2-6/h1,3,5-6,8H,2,4H2. The molecule has 1 N–H and O–H groups in total. The number of nitrogens with zero attached hydrogens (tertiary/aromatic N) is 2. The van der Waals surface area contributed by atoms with Gasteiger partial charge in [0.15, 0.2) is 0 Å². The molecule has 5 heteroatoms. The molecule has 0 saturated carbocycles. The van der Waals surface area contributed by atoms with Gasteiger partial charge in [0.25, 0.3) is 0 Å². The molecule has 0 fully saturated rings. The molecular weight excluding hydrogens is 190 g/mol. The summed E-state index contributed by atoms with van der Waals surface area (Å²) in [6.45, 7) is 1.01. The Morgan fingerprint density at radius 3 is 3.25 bits per heavy atom. The molecule has 64 valence electrons. The Kier molecular flexibility index (Phi) is 2.23. The van der Waals surface area contributed by atoms with E-state index in [1.165, 1.54) is 11.7 Å². The largest absolute Gasteiger partial charge is 0.391 e. The fourth-order valence-corrected chi connectivity index (χ4v) is 2.25. The van der Waals surface area contributed by atoms with Crippen LogP contribution in [0.5, 0.6) is 0 Å². The van der Waals surface area contributed by atoms with Gasteiger partial charge in [-0.3, -0.25) is 3.96 Å². The molecule has 1 aliphatic rings. The summed E-state index contributed by atoms with van der Waals surface area (Å²) in [7, 11) is 0. The van der Waals surface area contributed by atoms with Gasteiger partial charge in [0.2, 0.25) is 0 Å². The molecule has 1 aliphatic heterocycles. The molecule has 0 saturated heterocycles. The van der Waals surface area contributed by atoms with Crippen molar-refractivity contribution in [2.24, 2.45) is 0 Å². The van der Waals surface area contributed by atoms with Crippen LogP contribution in [0.1, 0.15) is 12.5 Å². The van der Waals surface area contributed by atoms with Crippen molar-refractivity contribution < 1.29 is 0 Å². The van der Waals surface area contributed by atoms with Crippen LogP contribution in [0.2, 0.25) is 0 Å². The summed E-state index contributed by atoms with van der Waals surface area (Å²) in [4.78, 5) is 0. The van der Waals surface area contributed by atoms with Crippen molar-refractivity contribution in [1.29, 1.82) is 0 Å². The van der Waals surface area contributed by atoms with E-state index in [1.54, 1.807) is 6.20 Å². The Morgan fingerprint density at radius 1 is 1.75 bits per heavy atom. The third-order valence-electron chi connectivity index (χ3n) is 1.84. The van der Waals surface area contributed by atoms with Gasteiger partial charge in [-0.1, -0.05) is 12.2 Å². The first-order valence-electron chi connectivity index (χ1n) is 3.82. The molecule has 2 rings (SSSR count). The Morgan fingerprint density at radius 2 is 2.67 bits per heavy atom. The molecule has 0 aliphatic carbocycles. The lowest BCUT2D eigenvalue weighted by molar-refractivity contribution is 0.549. The van der Waals surface area contributed by atoms with Crippen LogP contribution in [0.4, 0.5) is 0 Å². The number of hydrogen-bond acceptors (Lipinski definition) is 4. The molecule has 12 heavy (non-hydrogen) atoms. The third kappa shape index (κ3) is 1.42. The van der Waals surface area contributed by atoms with E-state index in [0.717, 1.165) is 17.6 Å². The molecular formula is C7H9N3S2. The summed E-state index contributed by atoms with van der Waals surface area (Å²) in [5.41, 5.74) is 0. The van der Waals surface area contributed by atoms with Crippen molar-refractivity contribution >= 4 is 23.9 Å². The fraction of sp³-hybridized carbons (Fsp3) is 0.429. The molecule has 0 radical (unpaired) electrons. The number of allylic oxidation sites excluding steroid dienone is 1. The van der Waals surface area contributed by atoms with E-state index in [0.29, 0.717) is 6.04 Å². The second kappa shape index (κ2) is 3.37. The first kappa shape index (κ1) is 7.94. The van der Waals surface area contributed by atoms with E-state index in [9.17, 15) is 0 Å². The highest BCUT2D eigenvalue weighted by Crippen LogP contribution is 2.17. The normalized spacial score (nSPS) is 22.2. The first-order chi connectivity index (χ1) is 5.88. The summed E-state index contributed by atoms with van der Waals surface area (Å²) >= 11 is 6.56. The summed E-state index contributed by atoms with van der Waals surface area (Å²) < 4.78 is 6.94. The van der Waals surface area contributed by atoms with Gasteiger partial charge in [-0.15, -0.1) is 0 Å². The second-order valence-corrected chi connectivity index (χ2v) is 3.84. The van der Waals surface area contributed by atoms with Crippen LogP contribution in [-0.2, 0) is 0 Å². The van der Waals surface area contributed by atoms with E-state index in [-0.39, 0.29) is 0 Å². The number of nitrogens with one attached hydrogen (secondary N) is 1. The Bertz CT molecular complexity index is 338. The van der Waals surface area contributed by atoms with Crippen molar-refractivity contribution in [3.8, 4) is 0 Å². The monoisotopic (exact) mass is 199 g/mol. The molecule has 1 atom stereocenters. The maximum Gasteiger partial charge on any atom is 0.136 e. The van der Waals surface area contributed by atoms with Gasteiger partial charge in [-0.2, -0.15) is 4.37 Å². The minimum absolute atomic E-state index is 0.409. The molecule has 0 spiro atoms. The number of rotatable bonds is 1. The maximum atomic E-state index is 5.12. The molecule has 0 bridgehead atoms. The van der Waals surface area contributed by atoms with E-state index in [2.05, 4.69) is 19.7 Å². The predicted octanol–water partition coefficient (Wildman–Crippen LogP) is 1.72. The summed E-state index contributed by atoms with van der Waals surface area (Å²) in [5.74, 6) is 0. The summed E-state index contributed by atoms with van der Waals surface area (Å²) in [5, 5.41) is 3.15. The van der Waals surface area contributed by atoms with Crippen molar-refractivity contribution in [2.45, 2.75) is 12.5 Å². The number of hydrogen-bond donors (Lipinski definition) is 1. The van der Waals surface area contributed by atoms with Crippen LogP contribution < -0.4 is 5.32 Å². The molecule has 1 unspecified atom stereocenters. The third-order valence-corrected chi connectivity index (χ3v) is 3.10. The van der Waals surface area contributed by atoms with Crippen LogP contribution in [0.3, 0.4) is 0 Å². The second-order valence-electron chi connectivity index (χ2n) is 2.65. The van der Waals surface area contributed by atoms with Crippen molar-refractivity contribution in [1.82, 2.24) is 13.6 Å². The minimum Gasteiger partial charge on any atom is -0.391 e. The van der Waals surface area contributed by atoms with Crippen LogP contribution in [0.15, 0.2) is 18.5 Å². The maximum absolute atomic E-state index is 5.12. The van der Waals surface area contributed by atoms with E-state index in [4.69, 9.17) is 12.2 Å². The SMILES string of the molecule is S=c1cnsn1C1C=CNCC1. The smallest absolute Gasteiger partial charge is 0.136 e. The Balaban J connectivity index is 2.30. The lowest BCUT2D eigenvalue weighted by Crippen LogP contribution is -2.18. The van der Waals surface area contributed by atoms with Crippen LogP contribution in [0, 0.1) is 4.64 Å². The van der Waals surface area contributed by atoms with Gasteiger partial charge < -0.3 is 5.32 Å². The summed E-state index contributed by atoms with van der Waals surface area (Å²) in [6.07, 6.45) is 6.93. The quantitative estimate of drug-likeness (QED) is 0.698. The van der Waals surface area contributed by atoms with Crippen LogP contribution >= 0.6 is 23.9 Å². The van der Waals surface area contributed by atoms with Gasteiger partial charge in [-0.25, -0.2) is 0 Å². The fourth-order valence-electron chi connectivity index (χ4n) is 1.23. The molecule has 2 heterocycles. The van der Waals surface area contributed by atoms with E-state index in [1.807, 2.05) is 6.20 Å². The van der Waals surface area contributed by atoms with Crippen molar-refractivity contribution in [2.75, 3.05) is 6.54 Å². The van der Waals surface area contributed by atoms with Gasteiger partial charge >= 0.3 is 0 Å². The molecule has 0 amide bonds. The highest BCUT2D eigenvalue weighted by atomic mass is 32.1. The Labute approximate surface area is 80.0 Å². The zero-order valence-electron chi connectivity index (χ0n) is 6.43. The topological polar surface area (TPSA) is 29.9 Å². The highest BCUT2D eigenvalue weighted by molar-refractivity contribution is 7.71. The average molecular weight is 199 g/mol. The van der Waals surface area contributed by atoms with Crippen LogP contribution in [0.25, 0.3) is 0 Å². The lowest BCUT2D eigenvalue weighted by Gasteiger charge is -2.17. The van der Waals surface area contributed by atoms with Crippen molar-refractivity contribution in [3.05, 3.63) is 23.1 Å². The van der Waals surface area contributed by atoms with Crippen molar-refractivity contribution in [3.63, 3.8) is 0 Å². The first-order valence-corrected chi connectivity index (χ1v) is 4.95. The minimum atomic E-state index is 0.409. The summed E-state index contributed by atoms with van der Waals surface area (Å²) in [6, 6.07) is 0.409. The van der Waals surface area contributed by atoms with E-state index >= 15 is 0 Å². The van der Waals surface area contributed by atoms with Gasteiger partial charge in [-0.05, 0) is 18.7 Å². The van der Waals surface area contributed by atoms with Gasteiger partial charge in [0, 0.05) is 18.3 Å². The van der Waals surface area contributed by atoms with E-state index < -0.39 is 0 Å². The molecule has 3 nitrogen and oxygen atoms in total. The van der Waals surface area contributed by atoms with Crippen LogP contribution in [-0.4, -0.2) is 14.9 Å². The predicted molar refractivity (Wildman–Crippen MR) is 51.7 cm³/mol. The lowest BCUT2D eigenvalue weighted by atomic mass is 10.2. The molecule has 1 aromatic heterocycles. The zero-order valence-corrected chi connectivity index (χ0v) is 8.07. The van der Waals surface area contributed by atoms with Gasteiger partial charge in [0.1, 0.15) is 4.64 Å². The average Bonchev–Trinajstić information content (AvgIpc) is 2.53. The zero-order chi connectivity index (χ0) is 8.39. The molecule has 1 aromatic rings. The van der Waals surface area contributed by atoms with Gasteiger partial charge in [0.05, 0.1) is 12.2 Å².